The molecule has 0 aliphatic carbocycles. The molecule has 7 atom stereocenters. The lowest BCUT2D eigenvalue weighted by atomic mass is 9.66. The SMILES string of the molecule is CCCC(C)NC(=O)C1N(CCCCCO)C(=O)[C@@H]2[C@H](C(=O)NCc3ccccc3)[C@@H]3CC(C)C12S3. The van der Waals surface area contributed by atoms with Gasteiger partial charge in [0.05, 0.1) is 16.6 Å². The zero-order valence-electron chi connectivity index (χ0n) is 21.7. The summed E-state index contributed by atoms with van der Waals surface area (Å²) in [5.74, 6) is -0.957. The summed E-state index contributed by atoms with van der Waals surface area (Å²) >= 11 is 1.72. The number of hydrogen-bond acceptors (Lipinski definition) is 5. The van der Waals surface area contributed by atoms with E-state index in [9.17, 15) is 19.5 Å². The largest absolute Gasteiger partial charge is 0.396 e. The van der Waals surface area contributed by atoms with E-state index in [0.717, 1.165) is 37.7 Å². The fourth-order valence-corrected chi connectivity index (χ4v) is 9.08. The number of fused-ring (bicyclic) bond motifs is 1. The van der Waals surface area contributed by atoms with Gasteiger partial charge < -0.3 is 20.6 Å². The first-order valence-corrected chi connectivity index (χ1v) is 14.4. The first kappa shape index (κ1) is 27.0. The lowest BCUT2D eigenvalue weighted by Crippen LogP contribution is -2.57. The van der Waals surface area contributed by atoms with Crippen LogP contribution in [0.3, 0.4) is 0 Å². The van der Waals surface area contributed by atoms with Gasteiger partial charge in [-0.05, 0) is 50.5 Å². The van der Waals surface area contributed by atoms with Crippen LogP contribution < -0.4 is 10.6 Å². The molecule has 7 nitrogen and oxygen atoms in total. The third kappa shape index (κ3) is 4.91. The molecule has 198 valence electrons. The van der Waals surface area contributed by atoms with Crippen LogP contribution in [0.1, 0.15) is 64.9 Å². The standard InChI is InChI=1S/C28H41N3O4S/c1-4-11-19(3)30-26(34)24-28-18(2)16-21(36-28)22(25(33)29-17-20-12-7-5-8-13-20)23(28)27(35)31(24)14-9-6-10-15-32/h5,7-8,12-13,18-19,21-24,32H,4,6,9-11,14-17H2,1-3H3,(H,29,33)(H,30,34)/t18?,19?,21-,22+,23-,24?,28?/m0/s1. The van der Waals surface area contributed by atoms with Gasteiger partial charge in [0.2, 0.25) is 17.7 Å². The number of hydrogen-bond donors (Lipinski definition) is 3. The van der Waals surface area contributed by atoms with Gasteiger partial charge in [-0.1, -0.05) is 50.6 Å². The number of thioether (sulfide) groups is 1. The fourth-order valence-electron chi connectivity index (χ4n) is 6.66. The van der Waals surface area contributed by atoms with Crippen LogP contribution >= 0.6 is 11.8 Å². The zero-order chi connectivity index (χ0) is 25.9. The van der Waals surface area contributed by atoms with Crippen molar-refractivity contribution in [3.05, 3.63) is 35.9 Å². The van der Waals surface area contributed by atoms with Gasteiger partial charge in [-0.15, -0.1) is 11.8 Å². The summed E-state index contributed by atoms with van der Waals surface area (Å²) in [6.07, 6.45) is 4.90. The van der Waals surface area contributed by atoms with Crippen molar-refractivity contribution < 1.29 is 19.5 Å². The van der Waals surface area contributed by atoms with E-state index in [1.807, 2.05) is 37.3 Å². The highest BCUT2D eigenvalue weighted by molar-refractivity contribution is 8.02. The number of carbonyl (C=O) groups excluding carboxylic acids is 3. The van der Waals surface area contributed by atoms with Crippen molar-refractivity contribution in [1.82, 2.24) is 15.5 Å². The van der Waals surface area contributed by atoms with E-state index >= 15 is 0 Å². The third-order valence-corrected chi connectivity index (χ3v) is 10.3. The van der Waals surface area contributed by atoms with E-state index in [1.165, 1.54) is 0 Å². The number of likely N-dealkylation sites (tertiary alicyclic amines) is 1. The van der Waals surface area contributed by atoms with Crippen molar-refractivity contribution in [3.63, 3.8) is 0 Å². The molecule has 1 aromatic rings. The van der Waals surface area contributed by atoms with Crippen LogP contribution in [0.4, 0.5) is 0 Å². The highest BCUT2D eigenvalue weighted by Crippen LogP contribution is 2.68. The Hall–Kier alpha value is -2.06. The summed E-state index contributed by atoms with van der Waals surface area (Å²) in [5.41, 5.74) is 1.02. The van der Waals surface area contributed by atoms with E-state index in [0.29, 0.717) is 19.5 Å². The number of carbonyl (C=O) groups is 3. The van der Waals surface area contributed by atoms with E-state index in [-0.39, 0.29) is 41.5 Å². The average molecular weight is 516 g/mol. The molecule has 8 heteroatoms. The molecule has 3 heterocycles. The van der Waals surface area contributed by atoms with Crippen molar-refractivity contribution in [3.8, 4) is 0 Å². The maximum atomic E-state index is 14.0. The second-order valence-corrected chi connectivity index (χ2v) is 12.3. The smallest absolute Gasteiger partial charge is 0.244 e. The number of rotatable bonds is 12. The lowest BCUT2D eigenvalue weighted by molar-refractivity contribution is -0.140. The molecule has 36 heavy (non-hydrogen) atoms. The van der Waals surface area contributed by atoms with Crippen LogP contribution in [-0.2, 0) is 20.9 Å². The van der Waals surface area contributed by atoms with E-state index in [2.05, 4.69) is 24.5 Å². The van der Waals surface area contributed by atoms with Gasteiger partial charge in [0, 0.05) is 31.0 Å². The Bertz CT molecular complexity index is 944. The monoisotopic (exact) mass is 515 g/mol. The molecule has 1 spiro atoms. The second kappa shape index (κ2) is 11.5. The van der Waals surface area contributed by atoms with Crippen LogP contribution in [-0.4, -0.2) is 63.0 Å². The third-order valence-electron chi connectivity index (χ3n) is 8.27. The van der Waals surface area contributed by atoms with Crippen LogP contribution in [0.2, 0.25) is 0 Å². The topological polar surface area (TPSA) is 98.7 Å². The van der Waals surface area contributed by atoms with Gasteiger partial charge in [-0.3, -0.25) is 14.4 Å². The van der Waals surface area contributed by atoms with Crippen LogP contribution in [0.15, 0.2) is 30.3 Å². The molecule has 2 bridgehead atoms. The number of aliphatic hydroxyl groups excluding tert-OH is 1. The van der Waals surface area contributed by atoms with Gasteiger partial charge in [0.15, 0.2) is 0 Å². The minimum Gasteiger partial charge on any atom is -0.396 e. The fraction of sp³-hybridized carbons (Fsp3) is 0.679. The molecule has 3 aliphatic heterocycles. The van der Waals surface area contributed by atoms with Gasteiger partial charge >= 0.3 is 0 Å². The second-order valence-electron chi connectivity index (χ2n) is 10.8. The maximum Gasteiger partial charge on any atom is 0.244 e. The van der Waals surface area contributed by atoms with E-state index < -0.39 is 22.6 Å². The van der Waals surface area contributed by atoms with Gasteiger partial charge in [-0.2, -0.15) is 0 Å². The van der Waals surface area contributed by atoms with E-state index in [4.69, 9.17) is 0 Å². The molecule has 0 aromatic heterocycles. The number of nitrogens with one attached hydrogen (secondary N) is 2. The van der Waals surface area contributed by atoms with Gasteiger partial charge in [0.1, 0.15) is 6.04 Å². The predicted molar refractivity (Wildman–Crippen MR) is 142 cm³/mol. The van der Waals surface area contributed by atoms with Crippen molar-refractivity contribution >= 4 is 29.5 Å². The highest BCUT2D eigenvalue weighted by atomic mass is 32.2. The lowest BCUT2D eigenvalue weighted by Gasteiger charge is -2.39. The predicted octanol–water partition coefficient (Wildman–Crippen LogP) is 3.11. The normalized spacial score (nSPS) is 31.4. The van der Waals surface area contributed by atoms with E-state index in [1.54, 1.807) is 16.7 Å². The van der Waals surface area contributed by atoms with Gasteiger partial charge in [-0.25, -0.2) is 0 Å². The summed E-state index contributed by atoms with van der Waals surface area (Å²) < 4.78 is -0.580. The molecular weight excluding hydrogens is 474 g/mol. The summed E-state index contributed by atoms with van der Waals surface area (Å²) in [4.78, 5) is 43.1. The molecule has 4 rings (SSSR count). The minimum atomic E-state index is -0.580. The summed E-state index contributed by atoms with van der Waals surface area (Å²) in [6, 6.07) is 9.26. The molecule has 3 aliphatic rings. The molecule has 3 saturated heterocycles. The number of nitrogens with zero attached hydrogens (tertiary/aromatic N) is 1. The Kier molecular flexibility index (Phi) is 8.66. The average Bonchev–Trinajstić information content (AvgIpc) is 3.45. The Morgan fingerprint density at radius 1 is 1.19 bits per heavy atom. The first-order valence-electron chi connectivity index (χ1n) is 13.6. The molecular formula is C28H41N3O4S. The number of benzene rings is 1. The molecule has 0 radical (unpaired) electrons. The molecule has 1 aromatic carbocycles. The van der Waals surface area contributed by atoms with Gasteiger partial charge in [0.25, 0.3) is 0 Å². The molecule has 3 N–H and O–H groups in total. The van der Waals surface area contributed by atoms with Crippen molar-refractivity contribution in [2.24, 2.45) is 17.8 Å². The zero-order valence-corrected chi connectivity index (χ0v) is 22.6. The van der Waals surface area contributed by atoms with Crippen LogP contribution in [0, 0.1) is 17.8 Å². The van der Waals surface area contributed by atoms with Crippen molar-refractivity contribution in [2.45, 2.75) is 87.9 Å². The summed E-state index contributed by atoms with van der Waals surface area (Å²) in [7, 11) is 0. The molecule has 3 amide bonds. The Balaban J connectivity index is 1.59. The first-order chi connectivity index (χ1) is 17.3. The summed E-state index contributed by atoms with van der Waals surface area (Å²) in [6.45, 7) is 7.29. The van der Waals surface area contributed by atoms with Crippen molar-refractivity contribution in [1.29, 1.82) is 0 Å². The summed E-state index contributed by atoms with van der Waals surface area (Å²) in [5, 5.41) is 15.5. The minimum absolute atomic E-state index is 0.0353. The Labute approximate surface area is 219 Å². The highest BCUT2D eigenvalue weighted by Gasteiger charge is 2.75. The number of unbranched alkanes of at least 4 members (excludes halogenated alkanes) is 2. The molecule has 4 unspecified atom stereocenters. The number of aliphatic hydroxyl groups is 1. The quantitative estimate of drug-likeness (QED) is 0.372. The molecule has 3 fully saturated rings. The maximum absolute atomic E-state index is 14.0. The molecule has 0 saturated carbocycles. The van der Waals surface area contributed by atoms with Crippen molar-refractivity contribution in [2.75, 3.05) is 13.2 Å². The Morgan fingerprint density at radius 2 is 1.94 bits per heavy atom. The van der Waals surface area contributed by atoms with Crippen LogP contribution in [0.5, 0.6) is 0 Å². The Morgan fingerprint density at radius 3 is 2.64 bits per heavy atom. The van der Waals surface area contributed by atoms with Crippen LogP contribution in [0.25, 0.3) is 0 Å². The number of amides is 3.